The van der Waals surface area contributed by atoms with Gasteiger partial charge in [0.2, 0.25) is 0 Å². The third-order valence-corrected chi connectivity index (χ3v) is 3.51. The lowest BCUT2D eigenvalue weighted by Crippen LogP contribution is -2.27. The molecule has 3 nitrogen and oxygen atoms in total. The van der Waals surface area contributed by atoms with Gasteiger partial charge in [-0.2, -0.15) is 0 Å². The van der Waals surface area contributed by atoms with Gasteiger partial charge in [0.25, 0.3) is 0 Å². The summed E-state index contributed by atoms with van der Waals surface area (Å²) < 4.78 is 1.25. The number of thiophene rings is 1. The van der Waals surface area contributed by atoms with Gasteiger partial charge in [0, 0.05) is 24.5 Å². The summed E-state index contributed by atoms with van der Waals surface area (Å²) in [5.74, 6) is 0. The maximum absolute atomic E-state index is 11.5. The molecule has 1 aromatic heterocycles. The minimum Gasteiger partial charge on any atom is -0.331 e. The molecule has 1 heterocycles. The second-order valence-corrected chi connectivity index (χ2v) is 4.87. The summed E-state index contributed by atoms with van der Waals surface area (Å²) in [7, 11) is 3.45. The first-order chi connectivity index (χ1) is 7.58. The lowest BCUT2D eigenvalue weighted by molar-refractivity contribution is 0.230. The highest BCUT2D eigenvalue weighted by atomic mass is 32.1. The molecule has 1 aromatic carbocycles. The number of nitrogens with one attached hydrogen (secondary N) is 1. The van der Waals surface area contributed by atoms with Crippen LogP contribution in [-0.4, -0.2) is 25.0 Å². The highest BCUT2D eigenvalue weighted by molar-refractivity contribution is 7.17. The Morgan fingerprint density at radius 1 is 1.38 bits per heavy atom. The van der Waals surface area contributed by atoms with E-state index in [0.29, 0.717) is 0 Å². The number of anilines is 1. The second kappa shape index (κ2) is 4.14. The molecule has 4 heteroatoms. The predicted octanol–water partition coefficient (Wildman–Crippen LogP) is 3.30. The number of urea groups is 1. The Kier molecular flexibility index (Phi) is 2.83. The highest BCUT2D eigenvalue weighted by Gasteiger charge is 2.05. The Balaban J connectivity index is 2.32. The Labute approximate surface area is 98.7 Å². The van der Waals surface area contributed by atoms with Crippen LogP contribution in [-0.2, 0) is 0 Å². The van der Waals surface area contributed by atoms with Crippen LogP contribution in [0.1, 0.15) is 5.56 Å². The van der Waals surface area contributed by atoms with Gasteiger partial charge in [-0.15, -0.1) is 11.3 Å². The first-order valence-corrected chi connectivity index (χ1v) is 5.92. The van der Waals surface area contributed by atoms with Gasteiger partial charge in [0.15, 0.2) is 0 Å². The van der Waals surface area contributed by atoms with Crippen LogP contribution < -0.4 is 5.32 Å². The fourth-order valence-electron chi connectivity index (χ4n) is 1.47. The number of amides is 2. The molecule has 0 atom stereocenters. The Morgan fingerprint density at radius 2 is 2.12 bits per heavy atom. The molecule has 0 bridgehead atoms. The second-order valence-electron chi connectivity index (χ2n) is 3.95. The molecular weight excluding hydrogens is 220 g/mol. The summed E-state index contributed by atoms with van der Waals surface area (Å²) in [5.41, 5.74) is 2.09. The molecule has 0 fully saturated rings. The third kappa shape index (κ3) is 2.02. The molecule has 16 heavy (non-hydrogen) atoms. The zero-order valence-corrected chi connectivity index (χ0v) is 10.4. The van der Waals surface area contributed by atoms with Gasteiger partial charge in [0.1, 0.15) is 0 Å². The van der Waals surface area contributed by atoms with Crippen molar-refractivity contribution in [3.8, 4) is 0 Å². The average molecular weight is 234 g/mol. The van der Waals surface area contributed by atoms with Crippen LogP contribution in [0.15, 0.2) is 23.6 Å². The van der Waals surface area contributed by atoms with Crippen molar-refractivity contribution in [3.63, 3.8) is 0 Å². The maximum atomic E-state index is 11.5. The number of hydrogen-bond acceptors (Lipinski definition) is 2. The van der Waals surface area contributed by atoms with Crippen molar-refractivity contribution in [3.05, 3.63) is 29.1 Å². The molecule has 2 rings (SSSR count). The van der Waals surface area contributed by atoms with Crippen molar-refractivity contribution in [1.29, 1.82) is 0 Å². The number of rotatable bonds is 1. The minimum absolute atomic E-state index is 0.104. The molecule has 0 aliphatic heterocycles. The molecule has 0 radical (unpaired) electrons. The summed E-state index contributed by atoms with van der Waals surface area (Å²) in [5, 5.41) is 6.18. The van der Waals surface area contributed by atoms with E-state index >= 15 is 0 Å². The smallest absolute Gasteiger partial charge is 0.321 e. The Bertz CT molecular complexity index is 531. The van der Waals surface area contributed by atoms with Gasteiger partial charge >= 0.3 is 6.03 Å². The van der Waals surface area contributed by atoms with Gasteiger partial charge in [-0.3, -0.25) is 0 Å². The van der Waals surface area contributed by atoms with Gasteiger partial charge in [-0.05, 0) is 41.5 Å². The SMILES string of the molecule is Cc1csc2ccc(NC(=O)N(C)C)cc12. The number of benzene rings is 1. The van der Waals surface area contributed by atoms with Crippen LogP contribution in [0.2, 0.25) is 0 Å². The first-order valence-electron chi connectivity index (χ1n) is 5.04. The Morgan fingerprint density at radius 3 is 2.81 bits per heavy atom. The largest absolute Gasteiger partial charge is 0.331 e. The normalized spacial score (nSPS) is 10.4. The topological polar surface area (TPSA) is 32.3 Å². The molecule has 2 aromatic rings. The Hall–Kier alpha value is -1.55. The van der Waals surface area contributed by atoms with Gasteiger partial charge in [-0.25, -0.2) is 4.79 Å². The van der Waals surface area contributed by atoms with E-state index in [9.17, 15) is 4.79 Å². The molecule has 0 unspecified atom stereocenters. The van der Waals surface area contributed by atoms with Crippen molar-refractivity contribution >= 4 is 33.1 Å². The molecule has 0 aliphatic rings. The highest BCUT2D eigenvalue weighted by Crippen LogP contribution is 2.27. The number of fused-ring (bicyclic) bond motifs is 1. The van der Waals surface area contributed by atoms with E-state index in [1.165, 1.54) is 20.5 Å². The number of nitrogens with zero attached hydrogens (tertiary/aromatic N) is 1. The van der Waals surface area contributed by atoms with E-state index in [1.54, 1.807) is 25.4 Å². The van der Waals surface area contributed by atoms with E-state index in [1.807, 2.05) is 18.2 Å². The predicted molar refractivity (Wildman–Crippen MR) is 69.3 cm³/mol. The fourth-order valence-corrected chi connectivity index (χ4v) is 2.39. The van der Waals surface area contributed by atoms with Crippen molar-refractivity contribution in [2.24, 2.45) is 0 Å². The lowest BCUT2D eigenvalue weighted by atomic mass is 10.2. The van der Waals surface area contributed by atoms with E-state index in [0.717, 1.165) is 5.69 Å². The lowest BCUT2D eigenvalue weighted by Gasteiger charge is -2.11. The fraction of sp³-hybridized carbons (Fsp3) is 0.250. The van der Waals surface area contributed by atoms with Crippen LogP contribution in [0.25, 0.3) is 10.1 Å². The molecule has 0 aliphatic carbocycles. The van der Waals surface area contributed by atoms with E-state index in [-0.39, 0.29) is 6.03 Å². The quantitative estimate of drug-likeness (QED) is 0.806. The van der Waals surface area contributed by atoms with Crippen LogP contribution in [0.4, 0.5) is 10.5 Å². The van der Waals surface area contributed by atoms with Crippen LogP contribution >= 0.6 is 11.3 Å². The van der Waals surface area contributed by atoms with Crippen LogP contribution in [0.5, 0.6) is 0 Å². The number of carbonyl (C=O) groups excluding carboxylic acids is 1. The van der Waals surface area contributed by atoms with E-state index in [4.69, 9.17) is 0 Å². The van der Waals surface area contributed by atoms with Gasteiger partial charge in [-0.1, -0.05) is 0 Å². The molecular formula is C12H14N2OS. The van der Waals surface area contributed by atoms with Crippen LogP contribution in [0.3, 0.4) is 0 Å². The standard InChI is InChI=1S/C12H14N2OS/c1-8-7-16-11-5-4-9(6-10(8)11)13-12(15)14(2)3/h4-7H,1-3H3,(H,13,15). The molecule has 2 amide bonds. The van der Waals surface area contributed by atoms with Crippen LogP contribution in [0, 0.1) is 6.92 Å². The van der Waals surface area contributed by atoms with Crippen molar-refractivity contribution in [2.45, 2.75) is 6.92 Å². The van der Waals surface area contributed by atoms with E-state index in [2.05, 4.69) is 17.6 Å². The number of carbonyl (C=O) groups is 1. The van der Waals surface area contributed by atoms with Crippen molar-refractivity contribution in [2.75, 3.05) is 19.4 Å². The molecule has 0 saturated heterocycles. The summed E-state index contributed by atoms with van der Waals surface area (Å²) in [4.78, 5) is 13.0. The molecule has 0 spiro atoms. The average Bonchev–Trinajstić information content (AvgIpc) is 2.60. The summed E-state index contributed by atoms with van der Waals surface area (Å²) >= 11 is 1.72. The van der Waals surface area contributed by atoms with E-state index < -0.39 is 0 Å². The molecule has 84 valence electrons. The maximum Gasteiger partial charge on any atom is 0.321 e. The van der Waals surface area contributed by atoms with Crippen molar-refractivity contribution in [1.82, 2.24) is 4.90 Å². The summed E-state index contributed by atoms with van der Waals surface area (Å²) in [6.07, 6.45) is 0. The zero-order valence-electron chi connectivity index (χ0n) is 9.57. The minimum atomic E-state index is -0.104. The first kappa shape index (κ1) is 11.0. The zero-order chi connectivity index (χ0) is 11.7. The summed E-state index contributed by atoms with van der Waals surface area (Å²) in [6, 6.07) is 5.88. The van der Waals surface area contributed by atoms with Gasteiger partial charge < -0.3 is 10.2 Å². The van der Waals surface area contributed by atoms with Crippen molar-refractivity contribution < 1.29 is 4.79 Å². The number of aryl methyl sites for hydroxylation is 1. The van der Waals surface area contributed by atoms with Gasteiger partial charge in [0.05, 0.1) is 0 Å². The summed E-state index contributed by atoms with van der Waals surface area (Å²) in [6.45, 7) is 2.08. The number of hydrogen-bond donors (Lipinski definition) is 1. The molecule has 1 N–H and O–H groups in total. The third-order valence-electron chi connectivity index (χ3n) is 2.42. The molecule has 0 saturated carbocycles. The monoisotopic (exact) mass is 234 g/mol.